The van der Waals surface area contributed by atoms with Gasteiger partial charge in [0.2, 0.25) is 0 Å². The van der Waals surface area contributed by atoms with Crippen LogP contribution < -0.4 is 8.31 Å². The lowest BCUT2D eigenvalue weighted by Crippen LogP contribution is -2.64. The van der Waals surface area contributed by atoms with Gasteiger partial charge in [0.05, 0.1) is 0 Å². The van der Waals surface area contributed by atoms with Crippen LogP contribution in [0.3, 0.4) is 0 Å². The van der Waals surface area contributed by atoms with Gasteiger partial charge in [0.1, 0.15) is 5.75 Å². The topological polar surface area (TPSA) is 141 Å². The van der Waals surface area contributed by atoms with Crippen molar-refractivity contribution in [3.05, 3.63) is 42.0 Å². The van der Waals surface area contributed by atoms with Crippen molar-refractivity contribution in [1.29, 1.82) is 0 Å². The Bertz CT molecular complexity index is 1350. The maximum Gasteiger partial charge on any atom is 0.512 e. The van der Waals surface area contributed by atoms with Gasteiger partial charge in [-0.15, -0.1) is 0 Å². The van der Waals surface area contributed by atoms with Crippen LogP contribution in [0.4, 0.5) is 39.5 Å². The molecule has 0 aliphatic rings. The highest BCUT2D eigenvalue weighted by atomic mass is 32.3. The van der Waals surface area contributed by atoms with E-state index in [4.69, 9.17) is 0 Å². The second-order valence-electron chi connectivity index (χ2n) is 6.71. The van der Waals surface area contributed by atoms with Gasteiger partial charge < -0.3 is 4.18 Å². The van der Waals surface area contributed by atoms with Gasteiger partial charge >= 0.3 is 42.1 Å². The molecule has 9 nitrogen and oxygen atoms in total. The number of allylic oxidation sites excluding steroid dienone is 1. The third-order valence-electron chi connectivity index (χ3n) is 3.88. The third kappa shape index (κ3) is 5.78. The van der Waals surface area contributed by atoms with E-state index < -0.39 is 67.8 Å². The monoisotopic (exact) mass is 601 g/mol. The van der Waals surface area contributed by atoms with Crippen LogP contribution in [0.25, 0.3) is 0 Å². The van der Waals surface area contributed by atoms with Crippen LogP contribution in [-0.4, -0.2) is 53.0 Å². The molecule has 0 atom stereocenters. The molecule has 0 saturated heterocycles. The molecule has 0 spiro atoms. The van der Waals surface area contributed by atoms with E-state index >= 15 is 0 Å². The molecular formula is C15H12F9NO8S3. The van der Waals surface area contributed by atoms with Crippen LogP contribution in [0.1, 0.15) is 12.5 Å². The lowest BCUT2D eigenvalue weighted by Gasteiger charge is -2.31. The lowest BCUT2D eigenvalue weighted by atomic mass is 10.1. The molecule has 0 amide bonds. The average molecular weight is 601 g/mol. The Kier molecular flexibility index (Phi) is 8.34. The summed E-state index contributed by atoms with van der Waals surface area (Å²) in [5.74, 6) is -9.34. The van der Waals surface area contributed by atoms with E-state index in [0.717, 1.165) is 12.1 Å². The van der Waals surface area contributed by atoms with Crippen molar-refractivity contribution in [3.63, 3.8) is 0 Å². The van der Waals surface area contributed by atoms with Gasteiger partial charge in [-0.1, -0.05) is 22.8 Å². The predicted octanol–water partition coefficient (Wildman–Crippen LogP) is 2.67. The lowest BCUT2D eigenvalue weighted by molar-refractivity contribution is -0.245. The fourth-order valence-electron chi connectivity index (χ4n) is 1.92. The van der Waals surface area contributed by atoms with Crippen molar-refractivity contribution in [2.75, 3.05) is 0 Å². The van der Waals surface area contributed by atoms with Crippen molar-refractivity contribution in [3.8, 4) is 5.75 Å². The minimum Gasteiger partial charge on any atom is -0.378 e. The fraction of sp³-hybridized carbons (Fsp3) is 0.400. The van der Waals surface area contributed by atoms with Crippen LogP contribution in [0, 0.1) is 0 Å². The average Bonchev–Trinajstić information content (AvgIpc) is 2.66. The van der Waals surface area contributed by atoms with Crippen molar-refractivity contribution in [2.45, 2.75) is 35.3 Å². The summed E-state index contributed by atoms with van der Waals surface area (Å²) in [6.07, 6.45) is -0.339. The van der Waals surface area contributed by atoms with Gasteiger partial charge in [-0.2, -0.15) is 47.9 Å². The number of Topliss-reactive ketones (excluding diaryl/α,β-unsaturated/α-hetero) is 1. The summed E-state index contributed by atoms with van der Waals surface area (Å²) >= 11 is 0. The van der Waals surface area contributed by atoms with Gasteiger partial charge in [0, 0.05) is 6.42 Å². The molecule has 0 aliphatic carbocycles. The van der Waals surface area contributed by atoms with E-state index in [2.05, 4.69) is 10.8 Å². The van der Waals surface area contributed by atoms with E-state index in [0.29, 0.717) is 12.1 Å². The van der Waals surface area contributed by atoms with E-state index in [1.54, 1.807) is 0 Å². The smallest absolute Gasteiger partial charge is 0.378 e. The molecule has 0 heterocycles. The van der Waals surface area contributed by atoms with Crippen LogP contribution >= 0.6 is 0 Å². The first-order valence-electron chi connectivity index (χ1n) is 8.43. The highest BCUT2D eigenvalue weighted by Crippen LogP contribution is 2.51. The molecule has 1 aromatic rings. The van der Waals surface area contributed by atoms with E-state index in [-0.39, 0.29) is 17.6 Å². The zero-order valence-corrected chi connectivity index (χ0v) is 19.6. The quantitative estimate of drug-likeness (QED) is 0.232. The number of halogens is 9. The number of ketones is 1. The Labute approximate surface area is 197 Å². The Morgan fingerprint density at radius 3 is 1.67 bits per heavy atom. The maximum atomic E-state index is 14.0. The molecule has 0 aliphatic heterocycles. The molecule has 0 unspecified atom stereocenters. The van der Waals surface area contributed by atoms with Crippen LogP contribution in [0.15, 0.2) is 36.4 Å². The number of alkyl halides is 9. The summed E-state index contributed by atoms with van der Waals surface area (Å²) in [4.78, 5) is 11.6. The van der Waals surface area contributed by atoms with E-state index in [1.165, 1.54) is 6.92 Å². The zero-order chi connectivity index (χ0) is 28.8. The van der Waals surface area contributed by atoms with Crippen molar-refractivity contribution in [2.24, 2.45) is 0 Å². The SMILES string of the molecule is C=C(C)C(=O)Cc1ccc(OS(=O)(=O)C(F)(F)C(F)(F)C(F)(F)S(=O)(=O)NS(=O)(=O)C(F)(F)F)cc1. The first-order chi connectivity index (χ1) is 15.7. The molecule has 0 aromatic heterocycles. The highest BCUT2D eigenvalue weighted by molar-refractivity contribution is 8.05. The van der Waals surface area contributed by atoms with Gasteiger partial charge in [0.15, 0.2) is 5.78 Å². The molecule has 1 rings (SSSR count). The predicted molar refractivity (Wildman–Crippen MR) is 101 cm³/mol. The summed E-state index contributed by atoms with van der Waals surface area (Å²) in [7, 11) is -22.5. The van der Waals surface area contributed by atoms with Gasteiger partial charge in [0.25, 0.3) is 10.0 Å². The Morgan fingerprint density at radius 2 is 1.28 bits per heavy atom. The molecular weight excluding hydrogens is 589 g/mol. The van der Waals surface area contributed by atoms with Crippen LogP contribution in [0.2, 0.25) is 0 Å². The molecule has 1 N–H and O–H groups in total. The number of sulfonamides is 2. The Morgan fingerprint density at radius 1 is 0.833 bits per heavy atom. The number of hydrogen-bond donors (Lipinski definition) is 1. The second-order valence-corrected chi connectivity index (χ2v) is 11.9. The largest absolute Gasteiger partial charge is 0.512 e. The van der Waals surface area contributed by atoms with Gasteiger partial charge in [-0.05, 0) is 30.2 Å². The van der Waals surface area contributed by atoms with Crippen molar-refractivity contribution >= 4 is 35.9 Å². The van der Waals surface area contributed by atoms with Gasteiger partial charge in [-0.25, -0.2) is 16.8 Å². The van der Waals surface area contributed by atoms with Gasteiger partial charge in [-0.3, -0.25) is 4.79 Å². The Balaban J connectivity index is 3.36. The number of hydrogen-bond acceptors (Lipinski definition) is 8. The minimum absolute atomic E-state index is 0.0909. The minimum atomic E-state index is -7.88. The fourth-order valence-corrected chi connectivity index (χ4v) is 5.31. The number of nitrogens with one attached hydrogen (secondary N) is 1. The number of benzene rings is 1. The summed E-state index contributed by atoms with van der Waals surface area (Å²) in [6.45, 7) is 4.66. The summed E-state index contributed by atoms with van der Waals surface area (Å²) in [5, 5.41) is -14.6. The first-order valence-corrected chi connectivity index (χ1v) is 12.8. The second kappa shape index (κ2) is 9.49. The third-order valence-corrected chi connectivity index (χ3v) is 8.47. The van der Waals surface area contributed by atoms with Crippen molar-refractivity contribution in [1.82, 2.24) is 4.13 Å². The number of carbonyl (C=O) groups excluding carboxylic acids is 1. The highest BCUT2D eigenvalue weighted by Gasteiger charge is 2.83. The van der Waals surface area contributed by atoms with E-state index in [9.17, 15) is 69.6 Å². The molecule has 0 saturated carbocycles. The normalized spacial score (nSPS) is 14.4. The molecule has 1 aromatic carbocycles. The summed E-state index contributed by atoms with van der Waals surface area (Å²) < 4.78 is 190. The summed E-state index contributed by atoms with van der Waals surface area (Å²) in [6, 6.07) is 2.76. The molecule has 36 heavy (non-hydrogen) atoms. The zero-order valence-electron chi connectivity index (χ0n) is 17.1. The molecule has 21 heteroatoms. The van der Waals surface area contributed by atoms with Crippen LogP contribution in [0.5, 0.6) is 5.75 Å². The maximum absolute atomic E-state index is 14.0. The van der Waals surface area contributed by atoms with Crippen molar-refractivity contribution < 1.29 is 73.7 Å². The summed E-state index contributed by atoms with van der Waals surface area (Å²) in [5.41, 5.74) is -6.49. The van der Waals surface area contributed by atoms with E-state index in [1.807, 2.05) is 0 Å². The number of rotatable bonds is 11. The van der Waals surface area contributed by atoms with Crippen LogP contribution in [-0.2, 0) is 41.4 Å². The molecule has 0 radical (unpaired) electrons. The molecule has 0 bridgehead atoms. The molecule has 206 valence electrons. The standard InChI is InChI=1S/C15H12F9NO8S3/c1-8(2)11(26)7-9-3-5-10(6-4-9)33-36(31,32)14(20,21)12(16,17)13(18,19)34(27,28)25-35(29,30)15(22,23)24/h3-6,25H,1,7H2,2H3. The molecule has 0 fully saturated rings. The first kappa shape index (κ1) is 31.6. The Hall–Kier alpha value is -2.39. The number of carbonyl (C=O) groups is 1.